The van der Waals surface area contributed by atoms with E-state index in [2.05, 4.69) is 5.32 Å². The molecular formula is C21H18FNO5. The number of carbonyl (C=O) groups is 2. The van der Waals surface area contributed by atoms with Gasteiger partial charge in [0.15, 0.2) is 0 Å². The maximum absolute atomic E-state index is 13.0. The number of esters is 1. The summed E-state index contributed by atoms with van der Waals surface area (Å²) >= 11 is 0. The average molecular weight is 383 g/mol. The number of carbonyl (C=O) groups excluding carboxylic acids is 2. The third kappa shape index (κ3) is 4.76. The number of nitrogens with one attached hydrogen (secondary N) is 1. The summed E-state index contributed by atoms with van der Waals surface area (Å²) in [6, 6.07) is 15.3. The Morgan fingerprint density at radius 1 is 1.07 bits per heavy atom. The van der Waals surface area contributed by atoms with Crippen molar-refractivity contribution in [1.29, 1.82) is 0 Å². The highest BCUT2D eigenvalue weighted by Gasteiger charge is 2.26. The van der Waals surface area contributed by atoms with E-state index in [4.69, 9.17) is 13.9 Å². The van der Waals surface area contributed by atoms with E-state index >= 15 is 0 Å². The van der Waals surface area contributed by atoms with Gasteiger partial charge in [0.2, 0.25) is 11.9 Å². The number of hydrogen-bond acceptors (Lipinski definition) is 5. The number of methoxy groups -OCH3 is 1. The number of amides is 1. The second-order valence-corrected chi connectivity index (χ2v) is 5.88. The van der Waals surface area contributed by atoms with Crippen molar-refractivity contribution in [2.45, 2.75) is 12.6 Å². The first-order valence-electron chi connectivity index (χ1n) is 8.47. The van der Waals surface area contributed by atoms with E-state index in [0.717, 1.165) is 0 Å². The summed E-state index contributed by atoms with van der Waals surface area (Å²) in [6.45, 7) is 0.157. The largest absolute Gasteiger partial charge is 0.497 e. The second-order valence-electron chi connectivity index (χ2n) is 5.88. The fraction of sp³-hybridized carbons (Fsp3) is 0.143. The molecule has 1 aromatic heterocycles. The summed E-state index contributed by atoms with van der Waals surface area (Å²) in [5.41, 5.74) is 1.18. The molecule has 3 aromatic rings. The maximum atomic E-state index is 13.0. The van der Waals surface area contributed by atoms with Crippen molar-refractivity contribution >= 4 is 11.9 Å². The van der Waals surface area contributed by atoms with Crippen LogP contribution in [0.3, 0.4) is 0 Å². The quantitative estimate of drug-likeness (QED) is 0.630. The first-order valence-corrected chi connectivity index (χ1v) is 8.47. The fourth-order valence-corrected chi connectivity index (χ4v) is 2.50. The molecule has 1 heterocycles. The van der Waals surface area contributed by atoms with Crippen LogP contribution in [0.5, 0.6) is 5.75 Å². The average Bonchev–Trinajstić information content (AvgIpc) is 3.26. The highest BCUT2D eigenvalue weighted by Crippen LogP contribution is 2.23. The van der Waals surface area contributed by atoms with Gasteiger partial charge in [0, 0.05) is 12.1 Å². The molecule has 0 unspecified atom stereocenters. The molecule has 28 heavy (non-hydrogen) atoms. The van der Waals surface area contributed by atoms with Crippen LogP contribution in [-0.4, -0.2) is 19.0 Å². The van der Waals surface area contributed by atoms with Gasteiger partial charge in [-0.2, -0.15) is 0 Å². The third-order valence-corrected chi connectivity index (χ3v) is 3.98. The van der Waals surface area contributed by atoms with Gasteiger partial charge in [-0.3, -0.25) is 4.79 Å². The minimum atomic E-state index is -1.19. The van der Waals surface area contributed by atoms with Crippen molar-refractivity contribution < 1.29 is 27.9 Å². The number of hydrogen-bond donors (Lipinski definition) is 1. The highest BCUT2D eigenvalue weighted by molar-refractivity contribution is 5.90. The number of furan rings is 1. The minimum absolute atomic E-state index is 0.00940. The van der Waals surface area contributed by atoms with Gasteiger partial charge in [0.25, 0.3) is 5.91 Å². The Kier molecular flexibility index (Phi) is 6.06. The molecule has 0 aliphatic rings. The van der Waals surface area contributed by atoms with Crippen molar-refractivity contribution in [2.75, 3.05) is 7.11 Å². The molecule has 1 N–H and O–H groups in total. The van der Waals surface area contributed by atoms with E-state index in [1.165, 1.54) is 31.6 Å². The lowest BCUT2D eigenvalue weighted by atomic mass is 10.1. The van der Waals surface area contributed by atoms with Gasteiger partial charge in [0.1, 0.15) is 11.6 Å². The molecule has 0 radical (unpaired) electrons. The Balaban J connectivity index is 1.76. The lowest BCUT2D eigenvalue weighted by Gasteiger charge is -2.18. The lowest BCUT2D eigenvalue weighted by Crippen LogP contribution is -2.31. The van der Waals surface area contributed by atoms with E-state index in [-0.39, 0.29) is 18.1 Å². The monoisotopic (exact) mass is 383 g/mol. The number of halogens is 1. The van der Waals surface area contributed by atoms with E-state index in [0.29, 0.717) is 16.9 Å². The van der Waals surface area contributed by atoms with Crippen LogP contribution in [0.2, 0.25) is 0 Å². The highest BCUT2D eigenvalue weighted by atomic mass is 19.1. The Morgan fingerprint density at radius 2 is 1.79 bits per heavy atom. The van der Waals surface area contributed by atoms with Crippen LogP contribution in [-0.2, 0) is 16.1 Å². The van der Waals surface area contributed by atoms with E-state index < -0.39 is 18.0 Å². The standard InChI is InChI=1S/C21H18FNO5/c1-26-17-10-6-15(7-11-17)19(28-21(25)18-3-2-12-27-18)20(24)23-13-14-4-8-16(22)9-5-14/h2-12,19H,13H2,1H3,(H,23,24)/t19-/m0/s1. The van der Waals surface area contributed by atoms with Gasteiger partial charge in [-0.1, -0.05) is 24.3 Å². The van der Waals surface area contributed by atoms with Crippen molar-refractivity contribution in [3.8, 4) is 5.75 Å². The van der Waals surface area contributed by atoms with Crippen molar-refractivity contribution in [3.05, 3.63) is 89.6 Å². The minimum Gasteiger partial charge on any atom is -0.497 e. The maximum Gasteiger partial charge on any atom is 0.375 e. The van der Waals surface area contributed by atoms with E-state index in [1.54, 1.807) is 42.5 Å². The Hall–Kier alpha value is -3.61. The van der Waals surface area contributed by atoms with E-state index in [9.17, 15) is 14.0 Å². The Labute approximate surface area is 160 Å². The van der Waals surface area contributed by atoms with Crippen molar-refractivity contribution in [2.24, 2.45) is 0 Å². The van der Waals surface area contributed by atoms with Gasteiger partial charge in [-0.25, -0.2) is 9.18 Å². The van der Waals surface area contributed by atoms with E-state index in [1.807, 2.05) is 0 Å². The topological polar surface area (TPSA) is 77.8 Å². The number of benzene rings is 2. The van der Waals surface area contributed by atoms with Crippen LogP contribution in [0.15, 0.2) is 71.3 Å². The number of rotatable bonds is 7. The van der Waals surface area contributed by atoms with Crippen LogP contribution in [0.25, 0.3) is 0 Å². The SMILES string of the molecule is COc1ccc([C@H](OC(=O)c2ccco2)C(=O)NCc2ccc(F)cc2)cc1. The predicted molar refractivity (Wildman–Crippen MR) is 98.1 cm³/mol. The zero-order valence-electron chi connectivity index (χ0n) is 15.1. The van der Waals surface area contributed by atoms with Crippen LogP contribution >= 0.6 is 0 Å². The molecular weight excluding hydrogens is 365 g/mol. The summed E-state index contributed by atoms with van der Waals surface area (Å²) in [5.74, 6) is -1.05. The van der Waals surface area contributed by atoms with Gasteiger partial charge in [0.05, 0.1) is 13.4 Å². The van der Waals surface area contributed by atoms with Gasteiger partial charge in [-0.05, 0) is 42.0 Å². The molecule has 0 fully saturated rings. The summed E-state index contributed by atoms with van der Waals surface area (Å²) in [4.78, 5) is 25.0. The Bertz CT molecular complexity index is 920. The third-order valence-electron chi connectivity index (χ3n) is 3.98. The molecule has 0 aliphatic carbocycles. The molecule has 3 rings (SSSR count). The lowest BCUT2D eigenvalue weighted by molar-refractivity contribution is -0.130. The van der Waals surface area contributed by atoms with Gasteiger partial charge in [-0.15, -0.1) is 0 Å². The zero-order valence-corrected chi connectivity index (χ0v) is 15.1. The molecule has 2 aromatic carbocycles. The molecule has 144 valence electrons. The summed E-state index contributed by atoms with van der Waals surface area (Å²) in [7, 11) is 1.53. The molecule has 1 amide bonds. The van der Waals surface area contributed by atoms with Crippen LogP contribution in [0, 0.1) is 5.82 Å². The summed E-state index contributed by atoms with van der Waals surface area (Å²) < 4.78 is 28.5. The number of ether oxygens (including phenoxy) is 2. The predicted octanol–water partition coefficient (Wildman–Crippen LogP) is 3.64. The smallest absolute Gasteiger partial charge is 0.375 e. The summed E-state index contributed by atoms with van der Waals surface area (Å²) in [6.07, 6.45) is 0.150. The zero-order chi connectivity index (χ0) is 19.9. The van der Waals surface area contributed by atoms with Gasteiger partial charge < -0.3 is 19.2 Å². The van der Waals surface area contributed by atoms with Crippen LogP contribution in [0.1, 0.15) is 27.8 Å². The first kappa shape index (κ1) is 19.2. The first-order chi connectivity index (χ1) is 13.6. The van der Waals surface area contributed by atoms with Crippen molar-refractivity contribution in [1.82, 2.24) is 5.32 Å². The Morgan fingerprint density at radius 3 is 2.39 bits per heavy atom. The molecule has 0 bridgehead atoms. The summed E-state index contributed by atoms with van der Waals surface area (Å²) in [5, 5.41) is 2.70. The molecule has 1 atom stereocenters. The molecule has 0 saturated heterocycles. The normalized spacial score (nSPS) is 11.5. The fourth-order valence-electron chi connectivity index (χ4n) is 2.50. The molecule has 6 nitrogen and oxygen atoms in total. The van der Waals surface area contributed by atoms with Crippen molar-refractivity contribution in [3.63, 3.8) is 0 Å². The molecule has 0 aliphatic heterocycles. The van der Waals surface area contributed by atoms with Crippen LogP contribution in [0.4, 0.5) is 4.39 Å². The molecule has 0 saturated carbocycles. The molecule has 0 spiro atoms. The molecule has 7 heteroatoms. The van der Waals surface area contributed by atoms with Crippen LogP contribution < -0.4 is 10.1 Å². The second kappa shape index (κ2) is 8.85. The van der Waals surface area contributed by atoms with Gasteiger partial charge >= 0.3 is 5.97 Å².